The summed E-state index contributed by atoms with van der Waals surface area (Å²) in [5.74, 6) is 0. The van der Waals surface area contributed by atoms with Crippen LogP contribution < -0.4 is 10.6 Å². The second-order valence-electron chi connectivity index (χ2n) is 10.8. The molecule has 41 heavy (non-hydrogen) atoms. The van der Waals surface area contributed by atoms with Crippen LogP contribution >= 0.6 is 15.8 Å². The maximum absolute atomic E-state index is 10.7. The Kier molecular flexibility index (Phi) is 18.3. The van der Waals surface area contributed by atoms with E-state index in [-0.39, 0.29) is 35.3 Å². The summed E-state index contributed by atoms with van der Waals surface area (Å²) in [5.41, 5.74) is -1.52. The zero-order valence-electron chi connectivity index (χ0n) is 24.9. The number of hydrogen-bond donors (Lipinski definition) is 0. The third-order valence-corrected chi connectivity index (χ3v) is 17.7. The van der Waals surface area contributed by atoms with E-state index in [0.717, 1.165) is 48.3 Å². The molecule has 2 fully saturated rings. The van der Waals surface area contributed by atoms with Gasteiger partial charge >= 0.3 is 25.0 Å². The summed E-state index contributed by atoms with van der Waals surface area (Å²) >= 11 is 0. The van der Waals surface area contributed by atoms with Crippen molar-refractivity contribution >= 4 is 36.6 Å². The molecular weight excluding hydrogens is 674 g/mol. The first-order valence-corrected chi connectivity index (χ1v) is 19.7. The van der Waals surface area contributed by atoms with E-state index in [2.05, 4.69) is 76.3 Å². The van der Waals surface area contributed by atoms with E-state index < -0.39 is 15.6 Å². The van der Waals surface area contributed by atoms with E-state index in [0.29, 0.717) is 0 Å². The standard InChI is InChI=1S/C22H36P2.C8H10.CHF3O3S.Rh/c1-5-17-13-14-18(6-2)23(17)21-11-9-10-12-22(21)24-19(7-3)15-16-20(24)8-4;1-2-4-6-8-7-5-3-1;2-1(3,4)8(5,6)7;/h9-12,17-20H,5-8,13-16H2,1-4H3;1,6H,2,4-5,7H2;(H,5,6,7);/q;-2;;+3/p+1/t17-,18-,19-,20-;;;/m0.../s1. The van der Waals surface area contributed by atoms with Gasteiger partial charge in [-0.25, -0.2) is 21.3 Å². The van der Waals surface area contributed by atoms with Crippen LogP contribution in [0.5, 0.6) is 0 Å². The van der Waals surface area contributed by atoms with Crippen LogP contribution in [-0.2, 0) is 29.6 Å². The van der Waals surface area contributed by atoms with Crippen molar-refractivity contribution in [2.24, 2.45) is 0 Å². The summed E-state index contributed by atoms with van der Waals surface area (Å²) in [6, 6.07) is 9.87. The zero-order valence-corrected chi connectivity index (χ0v) is 29.3. The number of halogens is 3. The van der Waals surface area contributed by atoms with Gasteiger partial charge in [-0.1, -0.05) is 52.7 Å². The van der Waals surface area contributed by atoms with E-state index in [1.54, 1.807) is 0 Å². The Balaban J connectivity index is 0.000000407. The minimum absolute atomic E-state index is 0. The molecule has 0 saturated carbocycles. The van der Waals surface area contributed by atoms with Gasteiger partial charge in [0.1, 0.15) is 10.6 Å². The van der Waals surface area contributed by atoms with Gasteiger partial charge in [-0.15, -0.1) is 0 Å². The molecule has 0 aromatic heterocycles. The summed E-state index contributed by atoms with van der Waals surface area (Å²) < 4.78 is 58.9. The van der Waals surface area contributed by atoms with Crippen LogP contribution in [0.2, 0.25) is 0 Å². The van der Waals surface area contributed by atoms with E-state index >= 15 is 0 Å². The number of alkyl halides is 3. The molecule has 0 unspecified atom stereocenters. The number of hydrogen-bond acceptors (Lipinski definition) is 3. The number of rotatable bonds is 6. The molecule has 1 aromatic carbocycles. The molecule has 0 radical (unpaired) electrons. The number of allylic oxidation sites excluding steroid dienone is 4. The normalized spacial score (nSPS) is 25.3. The molecule has 0 bridgehead atoms. The van der Waals surface area contributed by atoms with Gasteiger partial charge in [-0.3, -0.25) is 12.2 Å². The van der Waals surface area contributed by atoms with E-state index in [4.69, 9.17) is 13.0 Å². The monoisotopic (exact) mass is 722 g/mol. The molecule has 2 heterocycles. The van der Waals surface area contributed by atoms with Crippen molar-refractivity contribution in [1.82, 2.24) is 0 Å². The summed E-state index contributed by atoms with van der Waals surface area (Å²) in [4.78, 5) is 0. The Morgan fingerprint density at radius 2 is 1.05 bits per heavy atom. The van der Waals surface area contributed by atoms with Gasteiger partial charge in [0.2, 0.25) is 0 Å². The second-order valence-corrected chi connectivity index (χ2v) is 18.4. The average molecular weight is 723 g/mol. The quantitative estimate of drug-likeness (QED) is 0.0975. The smallest absolute Gasteiger partial charge is 0.741 e. The van der Waals surface area contributed by atoms with E-state index in [1.165, 1.54) is 51.4 Å². The molecule has 4 rings (SSSR count). The average Bonchev–Trinajstić information content (AvgIpc) is 3.51. The van der Waals surface area contributed by atoms with Gasteiger partial charge in [0.25, 0.3) is 0 Å². The molecule has 10 heteroatoms. The van der Waals surface area contributed by atoms with Gasteiger partial charge in [0.05, 0.1) is 22.6 Å². The number of benzene rings is 1. The topological polar surface area (TPSA) is 57.2 Å². The second kappa shape index (κ2) is 19.3. The molecule has 3 aliphatic rings. The Labute approximate surface area is 262 Å². The molecule has 0 spiro atoms. The Morgan fingerprint density at radius 3 is 1.29 bits per heavy atom. The third kappa shape index (κ3) is 11.7. The molecule has 234 valence electrons. The van der Waals surface area contributed by atoms with Crippen LogP contribution in [0.25, 0.3) is 0 Å². The fraction of sp³-hybridized carbons (Fsp3) is 0.677. The minimum atomic E-state index is -6.09. The van der Waals surface area contributed by atoms with Crippen molar-refractivity contribution in [3.8, 4) is 0 Å². The maximum Gasteiger partial charge on any atom is 3.00 e. The molecule has 4 atom stereocenters. The van der Waals surface area contributed by atoms with Gasteiger partial charge in [-0.05, 0) is 63.5 Å². The maximum atomic E-state index is 10.7. The fourth-order valence-electron chi connectivity index (χ4n) is 6.38. The summed E-state index contributed by atoms with van der Waals surface area (Å²) in [5, 5.41) is 3.79. The largest absolute Gasteiger partial charge is 3.00 e. The predicted molar refractivity (Wildman–Crippen MR) is 167 cm³/mol. The van der Waals surface area contributed by atoms with Crippen LogP contribution in [0.15, 0.2) is 36.4 Å². The molecule has 0 N–H and O–H groups in total. The predicted octanol–water partition coefficient (Wildman–Crippen LogP) is 8.40. The zero-order chi connectivity index (χ0) is 29.8. The van der Waals surface area contributed by atoms with Gasteiger partial charge < -0.3 is 16.7 Å². The summed E-state index contributed by atoms with van der Waals surface area (Å²) in [6.45, 7) is 9.79. The fourth-order valence-corrected chi connectivity index (χ4v) is 15.4. The van der Waals surface area contributed by atoms with E-state index in [1.807, 2.05) is 10.6 Å². The van der Waals surface area contributed by atoms with Crippen LogP contribution in [0.4, 0.5) is 13.2 Å². The third-order valence-electron chi connectivity index (χ3n) is 8.45. The molecule has 1 aliphatic carbocycles. The van der Waals surface area contributed by atoms with Gasteiger partial charge in [-0.2, -0.15) is 13.2 Å². The molecule has 0 amide bonds. The minimum Gasteiger partial charge on any atom is -0.741 e. The van der Waals surface area contributed by atoms with Crippen LogP contribution in [0, 0.1) is 12.2 Å². The van der Waals surface area contributed by atoms with Crippen molar-refractivity contribution in [2.45, 2.75) is 133 Å². The SMILES string of the molecule is CC[C@H]1CC[C@H](CC)[PH+]1c1ccccc1[PH+]1[C@@H](CC)CC[C@@H]1CC.O=S(=O)([O-])C(F)(F)F.[C-]1=CCCC=[C-]CC1.[Rh+3]. The Hall–Kier alpha value is -0.117. The van der Waals surface area contributed by atoms with Crippen molar-refractivity contribution in [3.63, 3.8) is 0 Å². The van der Waals surface area contributed by atoms with Crippen LogP contribution in [0.1, 0.15) is 105 Å². The molecular formula is C31H48F3O3P2RhS+2. The van der Waals surface area contributed by atoms with Crippen molar-refractivity contribution in [2.75, 3.05) is 0 Å². The first-order chi connectivity index (χ1) is 19.0. The first kappa shape index (κ1) is 38.9. The van der Waals surface area contributed by atoms with Gasteiger partial charge in [0, 0.05) is 15.8 Å². The van der Waals surface area contributed by atoms with Crippen molar-refractivity contribution < 1.29 is 45.6 Å². The molecule has 2 aliphatic heterocycles. The van der Waals surface area contributed by atoms with Crippen molar-refractivity contribution in [1.29, 1.82) is 0 Å². The Bertz CT molecular complexity index is 952. The Morgan fingerprint density at radius 1 is 0.756 bits per heavy atom. The molecule has 1 aromatic rings. The van der Waals surface area contributed by atoms with E-state index in [9.17, 15) is 13.2 Å². The summed E-state index contributed by atoms with van der Waals surface area (Å²) in [6.07, 6.45) is 26.7. The summed E-state index contributed by atoms with van der Waals surface area (Å²) in [7, 11) is -6.83. The molecule has 3 nitrogen and oxygen atoms in total. The first-order valence-electron chi connectivity index (χ1n) is 14.9. The van der Waals surface area contributed by atoms with Crippen molar-refractivity contribution in [3.05, 3.63) is 48.6 Å². The van der Waals surface area contributed by atoms with Gasteiger partial charge in [0.15, 0.2) is 10.1 Å². The molecule has 2 saturated heterocycles. The van der Waals surface area contributed by atoms with Crippen LogP contribution in [0.3, 0.4) is 0 Å². The van der Waals surface area contributed by atoms with Crippen LogP contribution in [-0.4, -0.2) is 41.1 Å².